The first-order valence-corrected chi connectivity index (χ1v) is 8.05. The Morgan fingerprint density at radius 3 is 2.83 bits per heavy atom. The lowest BCUT2D eigenvalue weighted by molar-refractivity contribution is 0.414. The molecule has 0 aliphatic heterocycles. The van der Waals surface area contributed by atoms with Gasteiger partial charge in [0.25, 0.3) is 5.56 Å². The van der Waals surface area contributed by atoms with Crippen LogP contribution in [-0.4, -0.2) is 16.5 Å². The molecule has 0 unspecified atom stereocenters. The van der Waals surface area contributed by atoms with Crippen LogP contribution in [0, 0.1) is 6.92 Å². The van der Waals surface area contributed by atoms with Gasteiger partial charge in [-0.3, -0.25) is 4.79 Å². The van der Waals surface area contributed by atoms with Crippen molar-refractivity contribution in [2.75, 3.05) is 7.11 Å². The van der Waals surface area contributed by atoms with Crippen LogP contribution in [0.25, 0.3) is 22.1 Å². The second-order valence-electron chi connectivity index (χ2n) is 5.36. The summed E-state index contributed by atoms with van der Waals surface area (Å²) in [5.74, 6) is 0.814. The minimum absolute atomic E-state index is 0.0195. The molecule has 0 aliphatic carbocycles. The molecule has 4 nitrogen and oxygen atoms in total. The number of thiazole rings is 1. The van der Waals surface area contributed by atoms with E-state index in [4.69, 9.17) is 4.74 Å². The van der Waals surface area contributed by atoms with Crippen LogP contribution in [0.2, 0.25) is 0 Å². The van der Waals surface area contributed by atoms with Crippen molar-refractivity contribution in [1.29, 1.82) is 0 Å². The normalized spacial score (nSPS) is 12.3. The smallest absolute Gasteiger partial charge is 0.274 e. The van der Waals surface area contributed by atoms with Gasteiger partial charge in [0.2, 0.25) is 0 Å². The number of nitrogens with zero attached hydrogens (tertiary/aromatic N) is 2. The van der Waals surface area contributed by atoms with Crippen LogP contribution >= 0.6 is 11.3 Å². The molecule has 0 saturated carbocycles. The molecular formula is C18H14N2O2S. The van der Waals surface area contributed by atoms with Gasteiger partial charge in [0.1, 0.15) is 5.75 Å². The van der Waals surface area contributed by atoms with E-state index < -0.39 is 0 Å². The average Bonchev–Trinajstić information content (AvgIpc) is 3.06. The van der Waals surface area contributed by atoms with Gasteiger partial charge in [-0.2, -0.15) is 0 Å². The number of para-hydroxylation sites is 2. The molecule has 0 radical (unpaired) electrons. The number of hydrogen-bond donors (Lipinski definition) is 0. The van der Waals surface area contributed by atoms with Crippen LogP contribution in [0.15, 0.2) is 47.3 Å². The van der Waals surface area contributed by atoms with Gasteiger partial charge in [-0.15, -0.1) is 0 Å². The Labute approximate surface area is 136 Å². The molecule has 4 aromatic rings. The summed E-state index contributed by atoms with van der Waals surface area (Å²) in [6.45, 7) is 2.01. The molecule has 0 saturated heterocycles. The van der Waals surface area contributed by atoms with Gasteiger partial charge in [0, 0.05) is 0 Å². The van der Waals surface area contributed by atoms with E-state index in [0.29, 0.717) is 4.53 Å². The van der Waals surface area contributed by atoms with E-state index in [9.17, 15) is 4.79 Å². The summed E-state index contributed by atoms with van der Waals surface area (Å²) >= 11 is 1.42. The van der Waals surface area contributed by atoms with E-state index in [1.807, 2.05) is 55.5 Å². The number of imidazole rings is 1. The van der Waals surface area contributed by atoms with E-state index in [1.165, 1.54) is 11.3 Å². The van der Waals surface area contributed by atoms with Crippen LogP contribution in [0.3, 0.4) is 0 Å². The number of aromatic nitrogens is 2. The summed E-state index contributed by atoms with van der Waals surface area (Å²) in [4.78, 5) is 18.0. The summed E-state index contributed by atoms with van der Waals surface area (Å²) in [6.07, 6.45) is 1.92. The summed E-state index contributed by atoms with van der Waals surface area (Å²) in [6, 6.07) is 13.5. The van der Waals surface area contributed by atoms with Crippen LogP contribution in [0.4, 0.5) is 0 Å². The molecule has 2 aromatic heterocycles. The zero-order valence-corrected chi connectivity index (χ0v) is 13.6. The lowest BCUT2D eigenvalue weighted by Gasteiger charge is -2.03. The van der Waals surface area contributed by atoms with Gasteiger partial charge in [0.15, 0.2) is 4.96 Å². The highest BCUT2D eigenvalue weighted by atomic mass is 32.1. The summed E-state index contributed by atoms with van der Waals surface area (Å²) in [5.41, 5.74) is 3.77. The Balaban J connectivity index is 1.96. The Bertz CT molecular complexity index is 1140. The number of aryl methyl sites for hydroxylation is 1. The average molecular weight is 322 g/mol. The van der Waals surface area contributed by atoms with Gasteiger partial charge in [-0.05, 0) is 48.4 Å². The monoisotopic (exact) mass is 322 g/mol. The van der Waals surface area contributed by atoms with Crippen LogP contribution < -0.4 is 14.8 Å². The van der Waals surface area contributed by atoms with Crippen LogP contribution in [0.5, 0.6) is 5.75 Å². The maximum absolute atomic E-state index is 12.7. The molecule has 4 rings (SSSR count). The molecule has 0 amide bonds. The minimum Gasteiger partial charge on any atom is -0.497 e. The predicted octanol–water partition coefficient (Wildman–Crippen LogP) is 2.77. The first kappa shape index (κ1) is 14.0. The highest BCUT2D eigenvalue weighted by Crippen LogP contribution is 2.18. The third-order valence-corrected chi connectivity index (χ3v) is 4.88. The van der Waals surface area contributed by atoms with Crippen molar-refractivity contribution >= 4 is 33.4 Å². The largest absolute Gasteiger partial charge is 0.497 e. The molecule has 0 bridgehead atoms. The second kappa shape index (κ2) is 5.21. The minimum atomic E-state index is -0.0195. The summed E-state index contributed by atoms with van der Waals surface area (Å²) < 4.78 is 7.59. The van der Waals surface area contributed by atoms with Crippen molar-refractivity contribution in [2.45, 2.75) is 6.92 Å². The lowest BCUT2D eigenvalue weighted by Crippen LogP contribution is -2.22. The third-order valence-electron chi connectivity index (χ3n) is 3.91. The van der Waals surface area contributed by atoms with Crippen molar-refractivity contribution in [3.05, 3.63) is 68.5 Å². The van der Waals surface area contributed by atoms with Gasteiger partial charge < -0.3 is 4.74 Å². The van der Waals surface area contributed by atoms with Crippen molar-refractivity contribution in [3.8, 4) is 5.75 Å². The molecule has 114 valence electrons. The molecular weight excluding hydrogens is 308 g/mol. The standard InChI is InChI=1S/C18H14N2O2S/c1-11-9-13(22-2)8-7-12(11)10-16-17(21)20-15-6-4-3-5-14(15)19-18(20)23-16/h3-10H,1-2H3. The SMILES string of the molecule is COc1ccc(C=c2sc3nc4ccccc4n3c2=O)c(C)c1. The van der Waals surface area contributed by atoms with Crippen molar-refractivity contribution in [3.63, 3.8) is 0 Å². The fourth-order valence-electron chi connectivity index (χ4n) is 2.69. The number of rotatable bonds is 2. The van der Waals surface area contributed by atoms with Gasteiger partial charge in [-0.1, -0.05) is 29.5 Å². The second-order valence-corrected chi connectivity index (χ2v) is 6.37. The molecule has 5 heteroatoms. The molecule has 2 heterocycles. The highest BCUT2D eigenvalue weighted by molar-refractivity contribution is 7.15. The van der Waals surface area contributed by atoms with Gasteiger partial charge >= 0.3 is 0 Å². The predicted molar refractivity (Wildman–Crippen MR) is 93.4 cm³/mol. The van der Waals surface area contributed by atoms with E-state index >= 15 is 0 Å². The quantitative estimate of drug-likeness (QED) is 0.570. The Hall–Kier alpha value is -2.66. The maximum atomic E-state index is 12.7. The fraction of sp³-hybridized carbons (Fsp3) is 0.111. The lowest BCUT2D eigenvalue weighted by atomic mass is 10.1. The van der Waals surface area contributed by atoms with Crippen LogP contribution in [0.1, 0.15) is 11.1 Å². The topological polar surface area (TPSA) is 43.6 Å². The third kappa shape index (κ3) is 2.21. The van der Waals surface area contributed by atoms with Gasteiger partial charge in [0.05, 0.1) is 22.7 Å². The van der Waals surface area contributed by atoms with Gasteiger partial charge in [-0.25, -0.2) is 9.38 Å². The Morgan fingerprint density at radius 2 is 2.04 bits per heavy atom. The molecule has 0 aliphatic rings. The summed E-state index contributed by atoms with van der Waals surface area (Å²) in [7, 11) is 1.65. The Morgan fingerprint density at radius 1 is 1.22 bits per heavy atom. The molecule has 0 N–H and O–H groups in total. The zero-order valence-electron chi connectivity index (χ0n) is 12.7. The Kier molecular flexibility index (Phi) is 3.16. The number of benzene rings is 2. The molecule has 0 spiro atoms. The number of fused-ring (bicyclic) bond motifs is 3. The van der Waals surface area contributed by atoms with E-state index in [-0.39, 0.29) is 5.56 Å². The van der Waals surface area contributed by atoms with Crippen molar-refractivity contribution in [2.24, 2.45) is 0 Å². The molecule has 23 heavy (non-hydrogen) atoms. The van der Waals surface area contributed by atoms with E-state index in [2.05, 4.69) is 4.98 Å². The molecule has 2 aromatic carbocycles. The van der Waals surface area contributed by atoms with Crippen LogP contribution in [-0.2, 0) is 0 Å². The van der Waals surface area contributed by atoms with E-state index in [1.54, 1.807) is 11.5 Å². The first-order valence-electron chi connectivity index (χ1n) is 7.24. The van der Waals surface area contributed by atoms with Crippen molar-refractivity contribution in [1.82, 2.24) is 9.38 Å². The number of hydrogen-bond acceptors (Lipinski definition) is 4. The zero-order chi connectivity index (χ0) is 16.0. The van der Waals surface area contributed by atoms with Crippen molar-refractivity contribution < 1.29 is 4.74 Å². The maximum Gasteiger partial charge on any atom is 0.274 e. The molecule has 0 fully saturated rings. The number of methoxy groups -OCH3 is 1. The molecule has 0 atom stereocenters. The number of ether oxygens (including phenoxy) is 1. The first-order chi connectivity index (χ1) is 11.2. The summed E-state index contributed by atoms with van der Waals surface area (Å²) in [5, 5.41) is 0. The fourth-order valence-corrected chi connectivity index (χ4v) is 3.67. The highest BCUT2D eigenvalue weighted by Gasteiger charge is 2.10. The van der Waals surface area contributed by atoms with E-state index in [0.717, 1.165) is 32.9 Å².